The summed E-state index contributed by atoms with van der Waals surface area (Å²) >= 11 is 0. The van der Waals surface area contributed by atoms with E-state index in [1.54, 1.807) is 0 Å². The molecule has 0 aromatic carbocycles. The number of hydrogen-bond acceptors (Lipinski definition) is 4. The molecule has 88 valence electrons. The predicted molar refractivity (Wildman–Crippen MR) is 54.8 cm³/mol. The highest BCUT2D eigenvalue weighted by atomic mass is 32.2. The van der Waals surface area contributed by atoms with Crippen LogP contribution in [0.3, 0.4) is 0 Å². The Morgan fingerprint density at radius 3 is 2.20 bits per heavy atom. The zero-order chi connectivity index (χ0) is 11.1. The summed E-state index contributed by atoms with van der Waals surface area (Å²) in [5, 5.41) is 18.3. The Labute approximate surface area is 89.8 Å². The van der Waals surface area contributed by atoms with Crippen molar-refractivity contribution in [3.05, 3.63) is 0 Å². The Kier molecular flexibility index (Phi) is 3.03. The first-order valence-corrected chi connectivity index (χ1v) is 6.95. The zero-order valence-electron chi connectivity index (χ0n) is 8.54. The first-order valence-electron chi connectivity index (χ1n) is 5.34. The quantitative estimate of drug-likeness (QED) is 0.678. The number of nitrogens with zero attached hydrogens (tertiary/aromatic N) is 1. The van der Waals surface area contributed by atoms with Gasteiger partial charge in [-0.05, 0) is 25.7 Å². The molecule has 2 unspecified atom stereocenters. The fraction of sp³-hybridized carbons (Fsp3) is 1.00. The molecule has 0 aliphatic carbocycles. The van der Waals surface area contributed by atoms with Crippen molar-refractivity contribution in [1.82, 2.24) is 4.31 Å². The van der Waals surface area contributed by atoms with Crippen molar-refractivity contribution in [2.75, 3.05) is 12.4 Å². The molecule has 2 aliphatic heterocycles. The standard InChI is InChI=1S/C9H17NO4S/c11-3-4-15(13,14)10-7-1-2-8(10)6-9(12)5-7/h7-9,11-12H,1-6H2. The molecular weight excluding hydrogens is 218 g/mol. The Bertz CT molecular complexity index is 315. The maximum atomic E-state index is 11.8. The van der Waals surface area contributed by atoms with E-state index in [2.05, 4.69) is 0 Å². The second-order valence-electron chi connectivity index (χ2n) is 4.38. The van der Waals surface area contributed by atoms with Gasteiger partial charge in [-0.15, -0.1) is 0 Å². The van der Waals surface area contributed by atoms with Crippen LogP contribution in [0.25, 0.3) is 0 Å². The average molecular weight is 235 g/mol. The minimum Gasteiger partial charge on any atom is -0.395 e. The van der Waals surface area contributed by atoms with Crippen LogP contribution < -0.4 is 0 Å². The summed E-state index contributed by atoms with van der Waals surface area (Å²) in [5.41, 5.74) is 0. The van der Waals surface area contributed by atoms with Crippen LogP contribution in [0.1, 0.15) is 25.7 Å². The van der Waals surface area contributed by atoms with Crippen LogP contribution >= 0.6 is 0 Å². The molecule has 2 heterocycles. The lowest BCUT2D eigenvalue weighted by atomic mass is 10.0. The highest BCUT2D eigenvalue weighted by Gasteiger charge is 2.45. The normalized spacial score (nSPS) is 37.1. The van der Waals surface area contributed by atoms with E-state index in [1.165, 1.54) is 4.31 Å². The minimum absolute atomic E-state index is 0.0460. The van der Waals surface area contributed by atoms with Crippen LogP contribution in [0.4, 0.5) is 0 Å². The molecule has 2 aliphatic rings. The van der Waals surface area contributed by atoms with Gasteiger partial charge in [0.1, 0.15) is 0 Å². The van der Waals surface area contributed by atoms with Gasteiger partial charge in [-0.1, -0.05) is 0 Å². The Hall–Kier alpha value is -0.170. The number of aliphatic hydroxyl groups excluding tert-OH is 2. The van der Waals surface area contributed by atoms with E-state index in [1.807, 2.05) is 0 Å². The van der Waals surface area contributed by atoms with E-state index in [4.69, 9.17) is 5.11 Å². The molecule has 6 heteroatoms. The van der Waals surface area contributed by atoms with Gasteiger partial charge >= 0.3 is 0 Å². The summed E-state index contributed by atoms with van der Waals surface area (Å²) < 4.78 is 25.2. The molecule has 0 spiro atoms. The second kappa shape index (κ2) is 4.01. The van der Waals surface area contributed by atoms with Crippen LogP contribution in [-0.4, -0.2) is 53.5 Å². The summed E-state index contributed by atoms with van der Waals surface area (Å²) in [6.45, 7) is -0.333. The largest absolute Gasteiger partial charge is 0.395 e. The fourth-order valence-corrected chi connectivity index (χ4v) is 4.51. The molecule has 2 bridgehead atoms. The van der Waals surface area contributed by atoms with Crippen molar-refractivity contribution in [3.8, 4) is 0 Å². The van der Waals surface area contributed by atoms with Gasteiger partial charge in [0.15, 0.2) is 0 Å². The molecule has 0 radical (unpaired) electrons. The molecule has 0 saturated carbocycles. The highest BCUT2D eigenvalue weighted by Crippen LogP contribution is 2.37. The Morgan fingerprint density at radius 2 is 1.73 bits per heavy atom. The van der Waals surface area contributed by atoms with Crippen molar-refractivity contribution in [1.29, 1.82) is 0 Å². The predicted octanol–water partition coefficient (Wildman–Crippen LogP) is -0.704. The lowest BCUT2D eigenvalue weighted by Crippen LogP contribution is -2.49. The summed E-state index contributed by atoms with van der Waals surface area (Å²) in [6.07, 6.45) is 2.41. The van der Waals surface area contributed by atoms with E-state index in [9.17, 15) is 13.5 Å². The van der Waals surface area contributed by atoms with E-state index in [0.29, 0.717) is 12.8 Å². The van der Waals surface area contributed by atoms with E-state index in [0.717, 1.165) is 12.8 Å². The average Bonchev–Trinajstić information content (AvgIpc) is 2.40. The molecule has 2 N–H and O–H groups in total. The van der Waals surface area contributed by atoms with Gasteiger partial charge in [0.2, 0.25) is 10.0 Å². The topological polar surface area (TPSA) is 77.8 Å². The van der Waals surface area contributed by atoms with E-state index < -0.39 is 10.0 Å². The zero-order valence-corrected chi connectivity index (χ0v) is 9.36. The smallest absolute Gasteiger partial charge is 0.216 e. The third-order valence-electron chi connectivity index (χ3n) is 3.31. The van der Waals surface area contributed by atoms with Crippen LogP contribution in [0.5, 0.6) is 0 Å². The maximum absolute atomic E-state index is 11.8. The van der Waals surface area contributed by atoms with Crippen molar-refractivity contribution in [3.63, 3.8) is 0 Å². The third kappa shape index (κ3) is 2.04. The first kappa shape index (κ1) is 11.3. The Balaban J connectivity index is 2.18. The van der Waals surface area contributed by atoms with Gasteiger partial charge in [0, 0.05) is 12.1 Å². The molecule has 0 aromatic heterocycles. The van der Waals surface area contributed by atoms with Crippen LogP contribution in [-0.2, 0) is 10.0 Å². The molecule has 15 heavy (non-hydrogen) atoms. The molecule has 2 rings (SSSR count). The van der Waals surface area contributed by atoms with Crippen molar-refractivity contribution in [2.45, 2.75) is 43.9 Å². The summed E-state index contributed by atoms with van der Waals surface area (Å²) in [5.74, 6) is -0.198. The molecule has 2 fully saturated rings. The summed E-state index contributed by atoms with van der Waals surface area (Å²) in [4.78, 5) is 0. The van der Waals surface area contributed by atoms with Crippen molar-refractivity contribution in [2.24, 2.45) is 0 Å². The molecule has 0 aromatic rings. The highest BCUT2D eigenvalue weighted by molar-refractivity contribution is 7.89. The number of fused-ring (bicyclic) bond motifs is 2. The summed E-state index contributed by atoms with van der Waals surface area (Å²) in [7, 11) is -3.32. The molecule has 5 nitrogen and oxygen atoms in total. The number of rotatable bonds is 3. The number of aliphatic hydroxyl groups is 2. The van der Waals surface area contributed by atoms with E-state index >= 15 is 0 Å². The summed E-state index contributed by atoms with van der Waals surface area (Å²) in [6, 6.07) is -0.0920. The lowest BCUT2D eigenvalue weighted by Gasteiger charge is -2.35. The monoisotopic (exact) mass is 235 g/mol. The van der Waals surface area contributed by atoms with Gasteiger partial charge in [-0.3, -0.25) is 0 Å². The van der Waals surface area contributed by atoms with E-state index in [-0.39, 0.29) is 30.5 Å². The van der Waals surface area contributed by atoms with Gasteiger partial charge in [-0.25, -0.2) is 8.42 Å². The fourth-order valence-electron chi connectivity index (χ4n) is 2.78. The number of sulfonamides is 1. The van der Waals surface area contributed by atoms with Crippen LogP contribution in [0, 0.1) is 0 Å². The molecule has 2 saturated heterocycles. The second-order valence-corrected chi connectivity index (χ2v) is 6.37. The van der Waals surface area contributed by atoms with Gasteiger partial charge in [-0.2, -0.15) is 4.31 Å². The van der Waals surface area contributed by atoms with Gasteiger partial charge in [0.25, 0.3) is 0 Å². The van der Waals surface area contributed by atoms with Crippen molar-refractivity contribution < 1.29 is 18.6 Å². The lowest BCUT2D eigenvalue weighted by molar-refractivity contribution is 0.0767. The van der Waals surface area contributed by atoms with Crippen LogP contribution in [0.15, 0.2) is 0 Å². The molecule has 0 amide bonds. The SMILES string of the molecule is O=S(=O)(CCO)N1C2CCC1CC(O)C2. The van der Waals surface area contributed by atoms with Crippen molar-refractivity contribution >= 4 is 10.0 Å². The van der Waals surface area contributed by atoms with Gasteiger partial charge < -0.3 is 10.2 Å². The van der Waals surface area contributed by atoms with Crippen LogP contribution in [0.2, 0.25) is 0 Å². The van der Waals surface area contributed by atoms with Gasteiger partial charge in [0.05, 0.1) is 18.5 Å². The minimum atomic E-state index is -3.32. The number of hydrogen-bond donors (Lipinski definition) is 2. The number of piperidine rings is 1. The first-order chi connectivity index (χ1) is 7.04. The maximum Gasteiger partial charge on any atom is 0.216 e. The molecule has 2 atom stereocenters. The Morgan fingerprint density at radius 1 is 1.20 bits per heavy atom. The molecular formula is C9H17NO4S. The third-order valence-corrected chi connectivity index (χ3v) is 5.25.